The van der Waals surface area contributed by atoms with Crippen LogP contribution in [-0.2, 0) is 6.42 Å². The molecule has 3 heteroatoms. The van der Waals surface area contributed by atoms with Crippen molar-refractivity contribution in [3.8, 4) is 5.75 Å². The van der Waals surface area contributed by atoms with Gasteiger partial charge in [0.05, 0.1) is 7.11 Å². The van der Waals surface area contributed by atoms with Crippen LogP contribution in [0.5, 0.6) is 5.75 Å². The van der Waals surface area contributed by atoms with Gasteiger partial charge in [-0.3, -0.25) is 0 Å². The summed E-state index contributed by atoms with van der Waals surface area (Å²) in [6.45, 7) is 9.72. The first-order chi connectivity index (χ1) is 8.99. The third kappa shape index (κ3) is 4.50. The zero-order chi connectivity index (χ0) is 14.4. The molecule has 1 rings (SSSR count). The molecule has 0 aliphatic rings. The fraction of sp³-hybridized carbons (Fsp3) is 0.625. The van der Waals surface area contributed by atoms with Crippen molar-refractivity contribution in [1.82, 2.24) is 5.32 Å². The first-order valence-electron chi connectivity index (χ1n) is 7.05. The van der Waals surface area contributed by atoms with E-state index < -0.39 is 0 Å². The van der Waals surface area contributed by atoms with Crippen LogP contribution in [0, 0.1) is 17.7 Å². The summed E-state index contributed by atoms with van der Waals surface area (Å²) in [5.41, 5.74) is 1.03. The van der Waals surface area contributed by atoms with Gasteiger partial charge in [-0.1, -0.05) is 26.8 Å². The minimum atomic E-state index is -0.279. The molecule has 1 N–H and O–H groups in total. The van der Waals surface area contributed by atoms with E-state index in [1.807, 2.05) is 6.07 Å². The van der Waals surface area contributed by atoms with Gasteiger partial charge in [-0.2, -0.15) is 0 Å². The molecule has 0 fully saturated rings. The Kier molecular flexibility index (Phi) is 6.29. The first-order valence-corrected chi connectivity index (χ1v) is 7.05. The van der Waals surface area contributed by atoms with E-state index in [9.17, 15) is 4.39 Å². The highest BCUT2D eigenvalue weighted by Gasteiger charge is 2.21. The second-order valence-corrected chi connectivity index (χ2v) is 5.43. The third-order valence-electron chi connectivity index (χ3n) is 3.71. The number of benzene rings is 1. The molecular formula is C16H26FNO. The molecule has 0 aromatic heterocycles. The van der Waals surface area contributed by atoms with E-state index in [0.29, 0.717) is 23.6 Å². The summed E-state index contributed by atoms with van der Waals surface area (Å²) in [7, 11) is 1.49. The van der Waals surface area contributed by atoms with E-state index in [1.165, 1.54) is 7.11 Å². The quantitative estimate of drug-likeness (QED) is 0.814. The molecule has 0 aliphatic carbocycles. The monoisotopic (exact) mass is 267 g/mol. The Morgan fingerprint density at radius 2 is 1.95 bits per heavy atom. The Hall–Kier alpha value is -1.09. The average Bonchev–Trinajstić information content (AvgIpc) is 2.36. The largest absolute Gasteiger partial charge is 0.494 e. The second kappa shape index (κ2) is 7.49. The van der Waals surface area contributed by atoms with Crippen molar-refractivity contribution < 1.29 is 9.13 Å². The van der Waals surface area contributed by atoms with Gasteiger partial charge < -0.3 is 10.1 Å². The molecule has 1 aromatic carbocycles. The lowest BCUT2D eigenvalue weighted by molar-refractivity contribution is 0.291. The Morgan fingerprint density at radius 3 is 2.42 bits per heavy atom. The molecule has 1 aromatic rings. The number of rotatable bonds is 7. The average molecular weight is 267 g/mol. The lowest BCUT2D eigenvalue weighted by Crippen LogP contribution is -2.37. The van der Waals surface area contributed by atoms with Crippen LogP contribution in [-0.4, -0.2) is 19.7 Å². The van der Waals surface area contributed by atoms with Crippen molar-refractivity contribution >= 4 is 0 Å². The molecule has 0 saturated heterocycles. The van der Waals surface area contributed by atoms with Gasteiger partial charge in [0.1, 0.15) is 0 Å². The Bertz CT molecular complexity index is 392. The molecule has 108 valence electrons. The molecule has 0 spiro atoms. The molecule has 0 saturated carbocycles. The zero-order valence-electron chi connectivity index (χ0n) is 12.7. The van der Waals surface area contributed by atoms with E-state index in [2.05, 4.69) is 33.0 Å². The molecule has 0 aliphatic heterocycles. The van der Waals surface area contributed by atoms with Crippen LogP contribution in [0.2, 0.25) is 0 Å². The van der Waals surface area contributed by atoms with Gasteiger partial charge in [-0.05, 0) is 49.4 Å². The molecule has 0 bridgehead atoms. The number of methoxy groups -OCH3 is 1. The van der Waals surface area contributed by atoms with E-state index in [4.69, 9.17) is 4.74 Å². The van der Waals surface area contributed by atoms with Crippen LogP contribution in [0.1, 0.15) is 33.3 Å². The van der Waals surface area contributed by atoms with Gasteiger partial charge in [0.25, 0.3) is 0 Å². The molecule has 0 radical (unpaired) electrons. The Morgan fingerprint density at radius 1 is 1.26 bits per heavy atom. The Balaban J connectivity index is 2.82. The van der Waals surface area contributed by atoms with Crippen molar-refractivity contribution in [2.45, 2.75) is 40.2 Å². The van der Waals surface area contributed by atoms with Crippen LogP contribution < -0.4 is 10.1 Å². The summed E-state index contributed by atoms with van der Waals surface area (Å²) in [5, 5.41) is 3.47. The number of ether oxygens (including phenoxy) is 1. The van der Waals surface area contributed by atoms with Gasteiger partial charge in [0, 0.05) is 6.04 Å². The molecule has 2 unspecified atom stereocenters. The van der Waals surface area contributed by atoms with Crippen LogP contribution in [0.4, 0.5) is 4.39 Å². The summed E-state index contributed by atoms with van der Waals surface area (Å²) in [6, 6.07) is 5.68. The number of hydrogen-bond donors (Lipinski definition) is 1. The fourth-order valence-corrected chi connectivity index (χ4v) is 2.57. The Labute approximate surface area is 116 Å². The van der Waals surface area contributed by atoms with Crippen LogP contribution >= 0.6 is 0 Å². The number of halogens is 1. The van der Waals surface area contributed by atoms with Crippen molar-refractivity contribution in [3.05, 3.63) is 29.6 Å². The van der Waals surface area contributed by atoms with Crippen molar-refractivity contribution in [2.75, 3.05) is 13.7 Å². The summed E-state index contributed by atoms with van der Waals surface area (Å²) < 4.78 is 18.7. The highest BCUT2D eigenvalue weighted by Crippen LogP contribution is 2.24. The minimum Gasteiger partial charge on any atom is -0.494 e. The minimum absolute atomic E-state index is 0.279. The van der Waals surface area contributed by atoms with Gasteiger partial charge >= 0.3 is 0 Å². The lowest BCUT2D eigenvalue weighted by Gasteiger charge is -2.28. The van der Waals surface area contributed by atoms with E-state index in [1.54, 1.807) is 12.1 Å². The second-order valence-electron chi connectivity index (χ2n) is 5.43. The topological polar surface area (TPSA) is 21.3 Å². The summed E-state index contributed by atoms with van der Waals surface area (Å²) in [4.78, 5) is 0. The number of hydrogen-bond acceptors (Lipinski definition) is 2. The van der Waals surface area contributed by atoms with E-state index in [-0.39, 0.29) is 5.82 Å². The first kappa shape index (κ1) is 16.0. The van der Waals surface area contributed by atoms with Gasteiger partial charge in [0.2, 0.25) is 0 Å². The maximum absolute atomic E-state index is 13.7. The van der Waals surface area contributed by atoms with Crippen molar-refractivity contribution in [1.29, 1.82) is 0 Å². The van der Waals surface area contributed by atoms with Crippen LogP contribution in [0.25, 0.3) is 0 Å². The molecule has 2 nitrogen and oxygen atoms in total. The predicted molar refractivity (Wildman–Crippen MR) is 78.1 cm³/mol. The fourth-order valence-electron chi connectivity index (χ4n) is 2.57. The zero-order valence-corrected chi connectivity index (χ0v) is 12.7. The smallest absolute Gasteiger partial charge is 0.165 e. The van der Waals surface area contributed by atoms with Gasteiger partial charge in [0.15, 0.2) is 11.6 Å². The molecule has 0 heterocycles. The van der Waals surface area contributed by atoms with E-state index in [0.717, 1.165) is 18.5 Å². The molecule has 0 amide bonds. The highest BCUT2D eigenvalue weighted by molar-refractivity contribution is 5.29. The standard InChI is InChI=1S/C16H26FNO/c1-6-18-12(4)14(11(2)3)9-13-7-8-16(19-5)15(17)10-13/h7-8,10-12,14,18H,6,9H2,1-5H3. The maximum atomic E-state index is 13.7. The van der Waals surface area contributed by atoms with Crippen molar-refractivity contribution in [2.24, 2.45) is 11.8 Å². The third-order valence-corrected chi connectivity index (χ3v) is 3.71. The molecule has 19 heavy (non-hydrogen) atoms. The van der Waals surface area contributed by atoms with Gasteiger partial charge in [-0.15, -0.1) is 0 Å². The SMILES string of the molecule is CCNC(C)C(Cc1ccc(OC)c(F)c1)C(C)C. The van der Waals surface area contributed by atoms with E-state index >= 15 is 0 Å². The predicted octanol–water partition coefficient (Wildman–Crippen LogP) is 3.65. The van der Waals surface area contributed by atoms with Crippen LogP contribution in [0.3, 0.4) is 0 Å². The molecular weight excluding hydrogens is 241 g/mol. The van der Waals surface area contributed by atoms with Crippen LogP contribution in [0.15, 0.2) is 18.2 Å². The summed E-state index contributed by atoms with van der Waals surface area (Å²) in [5.74, 6) is 1.08. The van der Waals surface area contributed by atoms with Gasteiger partial charge in [-0.25, -0.2) is 4.39 Å². The normalized spacial score (nSPS) is 14.5. The van der Waals surface area contributed by atoms with Crippen molar-refractivity contribution in [3.63, 3.8) is 0 Å². The summed E-state index contributed by atoms with van der Waals surface area (Å²) in [6.07, 6.45) is 0.882. The highest BCUT2D eigenvalue weighted by atomic mass is 19.1. The lowest BCUT2D eigenvalue weighted by atomic mass is 9.84. The summed E-state index contributed by atoms with van der Waals surface area (Å²) >= 11 is 0. The number of nitrogens with one attached hydrogen (secondary N) is 1. The maximum Gasteiger partial charge on any atom is 0.165 e. The molecule has 2 atom stereocenters.